The monoisotopic (exact) mass is 296 g/mol. The number of nitro groups is 1. The minimum atomic E-state index is -0.541. The molecule has 0 N–H and O–H groups in total. The van der Waals surface area contributed by atoms with Gasteiger partial charge < -0.3 is 0 Å². The van der Waals surface area contributed by atoms with Crippen molar-refractivity contribution in [3.63, 3.8) is 0 Å². The van der Waals surface area contributed by atoms with Gasteiger partial charge in [0.2, 0.25) is 6.04 Å². The lowest BCUT2D eigenvalue weighted by Gasteiger charge is -2.23. The highest BCUT2D eigenvalue weighted by Gasteiger charge is 2.46. The fourth-order valence-electron chi connectivity index (χ4n) is 3.47. The van der Waals surface area contributed by atoms with Crippen LogP contribution < -0.4 is 0 Å². The number of hydrogen-bond acceptors (Lipinski definition) is 3. The number of nitrogens with zero attached hydrogens (tertiary/aromatic N) is 2. The Morgan fingerprint density at radius 3 is 2.27 bits per heavy atom. The summed E-state index contributed by atoms with van der Waals surface area (Å²) in [6, 6.07) is 19.6. The van der Waals surface area contributed by atoms with Gasteiger partial charge in [0.25, 0.3) is 0 Å². The van der Waals surface area contributed by atoms with Crippen molar-refractivity contribution >= 4 is 0 Å². The largest absolute Gasteiger partial charge is 0.289 e. The summed E-state index contributed by atoms with van der Waals surface area (Å²) < 4.78 is 0. The topological polar surface area (TPSA) is 46.4 Å². The summed E-state index contributed by atoms with van der Waals surface area (Å²) in [5.74, 6) is -0.0556. The van der Waals surface area contributed by atoms with E-state index in [4.69, 9.17) is 0 Å². The van der Waals surface area contributed by atoms with Crippen LogP contribution in [-0.2, 0) is 6.54 Å². The SMILES string of the molecule is CC1[C@@H](c2ccccc2)[C@H]([N+](=O)[O-])CN1Cc1ccccc1. The molecule has 1 saturated heterocycles. The Hall–Kier alpha value is -2.20. The van der Waals surface area contributed by atoms with Gasteiger partial charge in [0.05, 0.1) is 12.5 Å². The first kappa shape index (κ1) is 14.7. The first-order chi connectivity index (χ1) is 10.7. The van der Waals surface area contributed by atoms with E-state index in [9.17, 15) is 10.1 Å². The Kier molecular flexibility index (Phi) is 4.20. The fourth-order valence-corrected chi connectivity index (χ4v) is 3.47. The molecular weight excluding hydrogens is 276 g/mol. The molecule has 3 atom stereocenters. The van der Waals surface area contributed by atoms with Gasteiger partial charge in [0, 0.05) is 17.5 Å². The number of rotatable bonds is 4. The molecule has 1 fully saturated rings. The Labute approximate surface area is 130 Å². The van der Waals surface area contributed by atoms with Crippen LogP contribution in [0, 0.1) is 10.1 Å². The summed E-state index contributed by atoms with van der Waals surface area (Å²) in [5, 5.41) is 11.5. The first-order valence-electron chi connectivity index (χ1n) is 7.63. The summed E-state index contributed by atoms with van der Waals surface area (Å²) in [4.78, 5) is 13.6. The summed E-state index contributed by atoms with van der Waals surface area (Å²) in [6.45, 7) is 3.36. The molecule has 0 spiro atoms. The third kappa shape index (κ3) is 2.88. The van der Waals surface area contributed by atoms with E-state index in [1.165, 1.54) is 5.56 Å². The molecular formula is C18H20N2O2. The molecule has 0 aromatic heterocycles. The van der Waals surface area contributed by atoms with Gasteiger partial charge in [-0.05, 0) is 18.1 Å². The molecule has 4 nitrogen and oxygen atoms in total. The molecule has 0 aliphatic carbocycles. The maximum Gasteiger partial charge on any atom is 0.233 e. The lowest BCUT2D eigenvalue weighted by Crippen LogP contribution is -2.28. The van der Waals surface area contributed by atoms with Gasteiger partial charge >= 0.3 is 0 Å². The van der Waals surface area contributed by atoms with E-state index in [1.807, 2.05) is 48.5 Å². The molecule has 114 valence electrons. The number of benzene rings is 2. The Morgan fingerprint density at radius 2 is 1.68 bits per heavy atom. The molecule has 2 aromatic carbocycles. The van der Waals surface area contributed by atoms with E-state index in [2.05, 4.69) is 24.0 Å². The lowest BCUT2D eigenvalue weighted by atomic mass is 9.89. The fraction of sp³-hybridized carbons (Fsp3) is 0.333. The van der Waals surface area contributed by atoms with Crippen LogP contribution in [0.4, 0.5) is 0 Å². The van der Waals surface area contributed by atoms with Crippen LogP contribution in [0.1, 0.15) is 24.0 Å². The van der Waals surface area contributed by atoms with Crippen molar-refractivity contribution in [1.82, 2.24) is 4.90 Å². The molecule has 22 heavy (non-hydrogen) atoms. The molecule has 1 unspecified atom stereocenters. The predicted octanol–water partition coefficient (Wildman–Crippen LogP) is 3.32. The maximum absolute atomic E-state index is 11.5. The van der Waals surface area contributed by atoms with E-state index >= 15 is 0 Å². The van der Waals surface area contributed by atoms with Crippen molar-refractivity contribution in [2.45, 2.75) is 31.5 Å². The Balaban J connectivity index is 1.85. The normalized spacial score (nSPS) is 25.2. The highest BCUT2D eigenvalue weighted by molar-refractivity contribution is 5.25. The molecule has 0 radical (unpaired) electrons. The van der Waals surface area contributed by atoms with Crippen LogP contribution >= 0.6 is 0 Å². The molecule has 1 aliphatic rings. The van der Waals surface area contributed by atoms with Crippen LogP contribution in [-0.4, -0.2) is 28.5 Å². The number of hydrogen-bond donors (Lipinski definition) is 0. The van der Waals surface area contributed by atoms with E-state index in [0.717, 1.165) is 12.1 Å². The average molecular weight is 296 g/mol. The molecule has 1 aliphatic heterocycles. The second kappa shape index (κ2) is 6.28. The third-order valence-corrected chi connectivity index (χ3v) is 4.62. The van der Waals surface area contributed by atoms with Crippen molar-refractivity contribution in [3.05, 3.63) is 81.9 Å². The van der Waals surface area contributed by atoms with Crippen molar-refractivity contribution in [2.75, 3.05) is 6.54 Å². The van der Waals surface area contributed by atoms with Crippen LogP contribution in [0.5, 0.6) is 0 Å². The molecule has 0 amide bonds. The Morgan fingerprint density at radius 1 is 1.09 bits per heavy atom. The molecule has 3 rings (SSSR count). The maximum atomic E-state index is 11.5. The minimum absolute atomic E-state index is 0.0556. The molecule has 0 bridgehead atoms. The van der Waals surface area contributed by atoms with E-state index in [0.29, 0.717) is 6.54 Å². The van der Waals surface area contributed by atoms with E-state index in [-0.39, 0.29) is 16.9 Å². The van der Waals surface area contributed by atoms with Gasteiger partial charge in [-0.3, -0.25) is 15.0 Å². The average Bonchev–Trinajstić information content (AvgIpc) is 2.86. The predicted molar refractivity (Wildman–Crippen MR) is 86.3 cm³/mol. The summed E-state index contributed by atoms with van der Waals surface area (Å²) in [7, 11) is 0. The van der Waals surface area contributed by atoms with Gasteiger partial charge in [-0.2, -0.15) is 0 Å². The summed E-state index contributed by atoms with van der Waals surface area (Å²) >= 11 is 0. The first-order valence-corrected chi connectivity index (χ1v) is 7.63. The minimum Gasteiger partial charge on any atom is -0.289 e. The highest BCUT2D eigenvalue weighted by atomic mass is 16.6. The van der Waals surface area contributed by atoms with Gasteiger partial charge in [-0.25, -0.2) is 0 Å². The quantitative estimate of drug-likeness (QED) is 0.642. The van der Waals surface area contributed by atoms with Crippen LogP contribution in [0.3, 0.4) is 0 Å². The van der Waals surface area contributed by atoms with Crippen LogP contribution in [0.2, 0.25) is 0 Å². The van der Waals surface area contributed by atoms with Gasteiger partial charge in [0.1, 0.15) is 0 Å². The van der Waals surface area contributed by atoms with Crippen molar-refractivity contribution in [3.8, 4) is 0 Å². The van der Waals surface area contributed by atoms with Gasteiger partial charge in [-0.1, -0.05) is 60.7 Å². The second-order valence-corrected chi connectivity index (χ2v) is 5.94. The molecule has 2 aromatic rings. The zero-order valence-corrected chi connectivity index (χ0v) is 12.6. The smallest absolute Gasteiger partial charge is 0.233 e. The standard InChI is InChI=1S/C18H20N2O2/c1-14-18(16-10-6-3-7-11-16)17(20(21)22)13-19(14)12-15-8-4-2-5-9-15/h2-11,14,17-18H,12-13H2,1H3/t14?,17-,18+/m1/s1. The van der Waals surface area contributed by atoms with Crippen molar-refractivity contribution < 1.29 is 4.92 Å². The van der Waals surface area contributed by atoms with Crippen molar-refractivity contribution in [1.29, 1.82) is 0 Å². The number of likely N-dealkylation sites (tertiary alicyclic amines) is 1. The van der Waals surface area contributed by atoms with Gasteiger partial charge in [-0.15, -0.1) is 0 Å². The summed E-state index contributed by atoms with van der Waals surface area (Å²) in [5.41, 5.74) is 2.26. The van der Waals surface area contributed by atoms with Gasteiger partial charge in [0.15, 0.2) is 0 Å². The highest BCUT2D eigenvalue weighted by Crippen LogP contribution is 2.35. The van der Waals surface area contributed by atoms with Crippen molar-refractivity contribution in [2.24, 2.45) is 0 Å². The van der Waals surface area contributed by atoms with E-state index in [1.54, 1.807) is 0 Å². The van der Waals surface area contributed by atoms with Crippen LogP contribution in [0.25, 0.3) is 0 Å². The molecule has 0 saturated carbocycles. The van der Waals surface area contributed by atoms with Crippen LogP contribution in [0.15, 0.2) is 60.7 Å². The lowest BCUT2D eigenvalue weighted by molar-refractivity contribution is -0.521. The molecule has 4 heteroatoms. The molecule has 1 heterocycles. The second-order valence-electron chi connectivity index (χ2n) is 5.94. The zero-order valence-electron chi connectivity index (χ0n) is 12.6. The zero-order chi connectivity index (χ0) is 15.5. The van der Waals surface area contributed by atoms with E-state index < -0.39 is 6.04 Å². The summed E-state index contributed by atoms with van der Waals surface area (Å²) in [6.07, 6.45) is 0. The Bertz CT molecular complexity index is 630. The third-order valence-electron chi connectivity index (χ3n) is 4.62.